The normalized spacial score (nSPS) is 11.2. The molecule has 4 nitrogen and oxygen atoms in total. The Kier molecular flexibility index (Phi) is 3.99. The summed E-state index contributed by atoms with van der Waals surface area (Å²) < 4.78 is 0. The molecular weight excluding hydrogens is 250 g/mol. The number of aliphatic hydroxyl groups excluding tert-OH is 1. The Balaban J connectivity index is 2.57. The van der Waals surface area contributed by atoms with Crippen molar-refractivity contribution in [2.75, 3.05) is 11.9 Å². The summed E-state index contributed by atoms with van der Waals surface area (Å²) >= 11 is 5.92. The summed E-state index contributed by atoms with van der Waals surface area (Å²) in [5.74, 6) is 0.787. The van der Waals surface area contributed by atoms with Gasteiger partial charge in [0.1, 0.15) is 11.0 Å². The number of nitrogens with one attached hydrogen (secondary N) is 1. The molecule has 0 saturated carbocycles. The number of fused-ring (bicyclic) bond motifs is 1. The Labute approximate surface area is 111 Å². The highest BCUT2D eigenvalue weighted by atomic mass is 35.5. The Hall–Kier alpha value is -1.39. The van der Waals surface area contributed by atoms with Crippen LogP contribution in [0.1, 0.15) is 19.5 Å². The maximum atomic E-state index is 9.01. The molecule has 0 amide bonds. The second-order valence-electron chi connectivity index (χ2n) is 4.46. The Morgan fingerprint density at radius 1 is 1.39 bits per heavy atom. The van der Waals surface area contributed by atoms with Crippen molar-refractivity contribution < 1.29 is 5.11 Å². The van der Waals surface area contributed by atoms with Crippen molar-refractivity contribution in [1.82, 2.24) is 9.97 Å². The molecule has 0 saturated heterocycles. The predicted octanol–water partition coefficient (Wildman–Crippen LogP) is 2.64. The van der Waals surface area contributed by atoms with Crippen LogP contribution in [0.15, 0.2) is 18.3 Å². The van der Waals surface area contributed by atoms with Gasteiger partial charge in [0.05, 0.1) is 0 Å². The van der Waals surface area contributed by atoms with Crippen LogP contribution in [0, 0.1) is 0 Å². The van der Waals surface area contributed by atoms with Crippen LogP contribution in [-0.4, -0.2) is 27.7 Å². The molecule has 0 unspecified atom stereocenters. The molecule has 96 valence electrons. The monoisotopic (exact) mass is 265 g/mol. The minimum absolute atomic E-state index is 0.0840. The molecule has 18 heavy (non-hydrogen) atoms. The lowest BCUT2D eigenvalue weighted by molar-refractivity contribution is 0.298. The highest BCUT2D eigenvalue weighted by Gasteiger charge is 2.08. The van der Waals surface area contributed by atoms with Gasteiger partial charge in [0.15, 0.2) is 0 Å². The van der Waals surface area contributed by atoms with Gasteiger partial charge in [-0.1, -0.05) is 11.6 Å². The van der Waals surface area contributed by atoms with Gasteiger partial charge < -0.3 is 10.4 Å². The smallest absolute Gasteiger partial charge is 0.134 e. The number of pyridine rings is 2. The standard InChI is InChI=1S/C13H16ClN3O/c1-8(2)16-13-11-6-12(14)15-7-9(11)5-10(17-13)3-4-18/h5-8,18H,3-4H2,1-2H3,(H,16,17). The molecule has 2 heterocycles. The molecule has 2 rings (SSSR count). The van der Waals surface area contributed by atoms with Crippen molar-refractivity contribution in [2.24, 2.45) is 0 Å². The maximum absolute atomic E-state index is 9.01. The van der Waals surface area contributed by atoms with Gasteiger partial charge >= 0.3 is 0 Å². The van der Waals surface area contributed by atoms with Crippen LogP contribution in [0.5, 0.6) is 0 Å². The lowest BCUT2D eigenvalue weighted by Crippen LogP contribution is -2.12. The van der Waals surface area contributed by atoms with E-state index in [-0.39, 0.29) is 12.6 Å². The quantitative estimate of drug-likeness (QED) is 0.835. The van der Waals surface area contributed by atoms with E-state index in [1.165, 1.54) is 0 Å². The van der Waals surface area contributed by atoms with Gasteiger partial charge in [-0.25, -0.2) is 9.97 Å². The third-order valence-corrected chi connectivity index (χ3v) is 2.73. The van der Waals surface area contributed by atoms with Crippen molar-refractivity contribution in [1.29, 1.82) is 0 Å². The fourth-order valence-corrected chi connectivity index (χ4v) is 1.96. The molecule has 2 N–H and O–H groups in total. The van der Waals surface area contributed by atoms with E-state index < -0.39 is 0 Å². The van der Waals surface area contributed by atoms with Gasteiger partial charge in [-0.15, -0.1) is 0 Å². The molecule has 0 atom stereocenters. The topological polar surface area (TPSA) is 58.0 Å². The van der Waals surface area contributed by atoms with E-state index in [1.54, 1.807) is 12.3 Å². The van der Waals surface area contributed by atoms with Gasteiger partial charge in [0.2, 0.25) is 0 Å². The zero-order valence-electron chi connectivity index (χ0n) is 10.4. The van der Waals surface area contributed by atoms with E-state index >= 15 is 0 Å². The van der Waals surface area contributed by atoms with Gasteiger partial charge in [0.25, 0.3) is 0 Å². The maximum Gasteiger partial charge on any atom is 0.134 e. The Bertz CT molecular complexity index is 557. The minimum atomic E-state index is 0.0840. The first-order chi connectivity index (χ1) is 8.60. The summed E-state index contributed by atoms with van der Waals surface area (Å²) in [6, 6.07) is 4.01. The SMILES string of the molecule is CC(C)Nc1nc(CCO)cc2cnc(Cl)cc12. The first-order valence-electron chi connectivity index (χ1n) is 5.92. The molecule has 0 bridgehead atoms. The van der Waals surface area contributed by atoms with Crippen LogP contribution in [0.2, 0.25) is 5.15 Å². The number of halogens is 1. The van der Waals surface area contributed by atoms with Crippen molar-refractivity contribution >= 4 is 28.2 Å². The molecule has 0 aliphatic carbocycles. The second kappa shape index (κ2) is 5.50. The van der Waals surface area contributed by atoms with Crippen LogP contribution >= 0.6 is 11.6 Å². The molecular formula is C13H16ClN3O. The summed E-state index contributed by atoms with van der Waals surface area (Å²) in [7, 11) is 0. The van der Waals surface area contributed by atoms with Crippen LogP contribution in [-0.2, 0) is 6.42 Å². The summed E-state index contributed by atoms with van der Waals surface area (Å²) in [6.07, 6.45) is 2.26. The number of hydrogen-bond donors (Lipinski definition) is 2. The summed E-state index contributed by atoms with van der Waals surface area (Å²) in [5, 5.41) is 14.7. The molecule has 2 aromatic heterocycles. The van der Waals surface area contributed by atoms with Gasteiger partial charge in [-0.05, 0) is 26.0 Å². The number of nitrogens with zero attached hydrogens (tertiary/aromatic N) is 2. The molecule has 0 aliphatic rings. The molecule has 5 heteroatoms. The van der Waals surface area contributed by atoms with Gasteiger partial charge in [-0.2, -0.15) is 0 Å². The third kappa shape index (κ3) is 2.89. The molecule has 0 radical (unpaired) electrons. The van der Waals surface area contributed by atoms with Crippen molar-refractivity contribution in [3.05, 3.63) is 29.2 Å². The second-order valence-corrected chi connectivity index (χ2v) is 4.85. The number of aromatic nitrogens is 2. The van der Waals surface area contributed by atoms with E-state index in [0.717, 1.165) is 22.3 Å². The zero-order valence-corrected chi connectivity index (χ0v) is 11.2. The summed E-state index contributed by atoms with van der Waals surface area (Å²) in [5.41, 5.74) is 0.845. The largest absolute Gasteiger partial charge is 0.396 e. The zero-order chi connectivity index (χ0) is 13.1. The fourth-order valence-electron chi connectivity index (χ4n) is 1.80. The number of anilines is 1. The average Bonchev–Trinajstić information content (AvgIpc) is 2.30. The highest BCUT2D eigenvalue weighted by Crippen LogP contribution is 2.25. The van der Waals surface area contributed by atoms with E-state index in [4.69, 9.17) is 16.7 Å². The van der Waals surface area contributed by atoms with Crippen LogP contribution in [0.4, 0.5) is 5.82 Å². The number of hydrogen-bond acceptors (Lipinski definition) is 4. The third-order valence-electron chi connectivity index (χ3n) is 2.53. The number of aliphatic hydroxyl groups is 1. The van der Waals surface area contributed by atoms with Gasteiger partial charge in [0, 0.05) is 41.7 Å². The molecule has 0 aromatic carbocycles. The lowest BCUT2D eigenvalue weighted by Gasteiger charge is -2.13. The summed E-state index contributed by atoms with van der Waals surface area (Å²) in [6.45, 7) is 4.19. The van der Waals surface area contributed by atoms with Crippen LogP contribution < -0.4 is 5.32 Å². The van der Waals surface area contributed by atoms with Crippen LogP contribution in [0.3, 0.4) is 0 Å². The van der Waals surface area contributed by atoms with E-state index in [2.05, 4.69) is 29.1 Å². The van der Waals surface area contributed by atoms with Crippen molar-refractivity contribution in [2.45, 2.75) is 26.3 Å². The highest BCUT2D eigenvalue weighted by molar-refractivity contribution is 6.30. The summed E-state index contributed by atoms with van der Waals surface area (Å²) in [4.78, 5) is 8.59. The van der Waals surface area contributed by atoms with Crippen LogP contribution in [0.25, 0.3) is 10.8 Å². The molecule has 0 spiro atoms. The first-order valence-corrected chi connectivity index (χ1v) is 6.30. The minimum Gasteiger partial charge on any atom is -0.396 e. The van der Waals surface area contributed by atoms with Crippen molar-refractivity contribution in [3.8, 4) is 0 Å². The predicted molar refractivity (Wildman–Crippen MR) is 74.1 cm³/mol. The van der Waals surface area contributed by atoms with Gasteiger partial charge in [-0.3, -0.25) is 0 Å². The number of rotatable bonds is 4. The van der Waals surface area contributed by atoms with Crippen molar-refractivity contribution in [3.63, 3.8) is 0 Å². The van der Waals surface area contributed by atoms with E-state index in [9.17, 15) is 0 Å². The first kappa shape index (κ1) is 13.1. The average molecular weight is 266 g/mol. The van der Waals surface area contributed by atoms with E-state index in [1.807, 2.05) is 6.07 Å². The fraction of sp³-hybridized carbons (Fsp3) is 0.385. The molecule has 0 fully saturated rings. The molecule has 0 aliphatic heterocycles. The Morgan fingerprint density at radius 3 is 2.83 bits per heavy atom. The lowest BCUT2D eigenvalue weighted by atomic mass is 10.1. The molecule has 2 aromatic rings. The Morgan fingerprint density at radius 2 is 2.17 bits per heavy atom. The van der Waals surface area contributed by atoms with E-state index in [0.29, 0.717) is 11.6 Å².